The van der Waals surface area contributed by atoms with Gasteiger partial charge in [0.2, 0.25) is 0 Å². The predicted octanol–water partition coefficient (Wildman–Crippen LogP) is 2.38. The van der Waals surface area contributed by atoms with Crippen LogP contribution in [0.4, 0.5) is 5.69 Å². The number of anilines is 1. The Bertz CT molecular complexity index is 656. The molecule has 1 heterocycles. The van der Waals surface area contributed by atoms with E-state index in [-0.39, 0.29) is 5.56 Å². The average Bonchev–Trinajstić information content (AvgIpc) is 2.36. The number of carbonyl (C=O) groups is 1. The normalized spacial score (nSPS) is 10.6. The van der Waals surface area contributed by atoms with Crippen molar-refractivity contribution < 1.29 is 10.0 Å². The molecule has 0 fully saturated rings. The molecule has 0 unspecified atom stereocenters. The van der Waals surface area contributed by atoms with Crippen molar-refractivity contribution in [3.05, 3.63) is 34.5 Å². The number of rotatable bonds is 2. The van der Waals surface area contributed by atoms with Gasteiger partial charge >= 0.3 is 0 Å². The summed E-state index contributed by atoms with van der Waals surface area (Å²) < 4.78 is 0. The number of aromatic nitrogens is 1. The van der Waals surface area contributed by atoms with Gasteiger partial charge in [0, 0.05) is 35.9 Å². The van der Waals surface area contributed by atoms with Crippen LogP contribution in [0.1, 0.15) is 16.1 Å². The summed E-state index contributed by atoms with van der Waals surface area (Å²) in [5.74, 6) is -0.629. The summed E-state index contributed by atoms with van der Waals surface area (Å²) in [6, 6.07) is 5.16. The number of hydrogen-bond donors (Lipinski definition) is 2. The van der Waals surface area contributed by atoms with Crippen LogP contribution in [0, 0.1) is 6.92 Å². The van der Waals surface area contributed by atoms with Gasteiger partial charge in [0.25, 0.3) is 5.91 Å². The van der Waals surface area contributed by atoms with Gasteiger partial charge in [0.05, 0.1) is 11.1 Å². The number of pyridine rings is 1. The first-order chi connectivity index (χ1) is 8.93. The second kappa shape index (κ2) is 5.03. The summed E-state index contributed by atoms with van der Waals surface area (Å²) in [5.41, 5.74) is 4.07. The zero-order chi connectivity index (χ0) is 14.2. The molecular formula is C13H14ClN3O2. The monoisotopic (exact) mass is 279 g/mol. The largest absolute Gasteiger partial charge is 0.377 e. The SMILES string of the molecule is Cc1cc(N(C)C)c2cc(Cl)cc(C(=O)NO)c2n1. The number of amides is 1. The van der Waals surface area contributed by atoms with Crippen molar-refractivity contribution in [3.63, 3.8) is 0 Å². The highest BCUT2D eigenvalue weighted by molar-refractivity contribution is 6.32. The molecule has 1 aromatic carbocycles. The molecule has 0 saturated heterocycles. The van der Waals surface area contributed by atoms with Gasteiger partial charge in [-0.05, 0) is 25.1 Å². The van der Waals surface area contributed by atoms with Crippen molar-refractivity contribution >= 4 is 34.1 Å². The molecule has 1 amide bonds. The van der Waals surface area contributed by atoms with Gasteiger partial charge in [-0.1, -0.05) is 11.6 Å². The summed E-state index contributed by atoms with van der Waals surface area (Å²) in [4.78, 5) is 18.0. The molecule has 0 atom stereocenters. The molecule has 0 saturated carbocycles. The Labute approximate surface area is 115 Å². The van der Waals surface area contributed by atoms with E-state index in [9.17, 15) is 4.79 Å². The highest BCUT2D eigenvalue weighted by Crippen LogP contribution is 2.30. The van der Waals surface area contributed by atoms with Gasteiger partial charge in [-0.3, -0.25) is 15.0 Å². The topological polar surface area (TPSA) is 65.5 Å². The molecule has 100 valence electrons. The van der Waals surface area contributed by atoms with E-state index in [2.05, 4.69) is 4.98 Å². The third kappa shape index (κ3) is 2.47. The molecule has 1 aromatic heterocycles. The molecule has 6 heteroatoms. The number of fused-ring (bicyclic) bond motifs is 1. The quantitative estimate of drug-likeness (QED) is 0.654. The van der Waals surface area contributed by atoms with E-state index in [1.165, 1.54) is 6.07 Å². The fraction of sp³-hybridized carbons (Fsp3) is 0.231. The predicted molar refractivity (Wildman–Crippen MR) is 75.1 cm³/mol. The lowest BCUT2D eigenvalue weighted by Gasteiger charge is -2.17. The zero-order valence-electron chi connectivity index (χ0n) is 10.9. The number of benzene rings is 1. The highest BCUT2D eigenvalue weighted by Gasteiger charge is 2.15. The van der Waals surface area contributed by atoms with Crippen molar-refractivity contribution in [2.24, 2.45) is 0 Å². The number of halogens is 1. The van der Waals surface area contributed by atoms with E-state index >= 15 is 0 Å². The van der Waals surface area contributed by atoms with Gasteiger partial charge < -0.3 is 4.90 Å². The second-order valence-corrected chi connectivity index (χ2v) is 4.90. The minimum atomic E-state index is -0.629. The van der Waals surface area contributed by atoms with Crippen LogP contribution >= 0.6 is 11.6 Å². The molecule has 0 aliphatic rings. The van der Waals surface area contributed by atoms with Crippen LogP contribution in [0.25, 0.3) is 10.9 Å². The van der Waals surface area contributed by atoms with Crippen LogP contribution in [-0.2, 0) is 0 Å². The first-order valence-corrected chi connectivity index (χ1v) is 6.04. The number of hydrogen-bond acceptors (Lipinski definition) is 4. The molecule has 0 radical (unpaired) electrons. The molecule has 2 rings (SSSR count). The number of hydroxylamine groups is 1. The standard InChI is InChI=1S/C13H14ClN3O2/c1-7-4-11(17(2)3)9-5-8(14)6-10(12(9)15-7)13(18)16-19/h4-6,19H,1-3H3,(H,16,18). The van der Waals surface area contributed by atoms with Gasteiger partial charge in [0.15, 0.2) is 0 Å². The fourth-order valence-electron chi connectivity index (χ4n) is 2.00. The van der Waals surface area contributed by atoms with Crippen molar-refractivity contribution in [2.75, 3.05) is 19.0 Å². The van der Waals surface area contributed by atoms with E-state index in [0.29, 0.717) is 10.5 Å². The number of nitrogens with zero attached hydrogens (tertiary/aromatic N) is 2. The van der Waals surface area contributed by atoms with Crippen LogP contribution in [0.5, 0.6) is 0 Å². The van der Waals surface area contributed by atoms with Crippen molar-refractivity contribution in [1.82, 2.24) is 10.5 Å². The summed E-state index contributed by atoms with van der Waals surface area (Å²) >= 11 is 6.03. The summed E-state index contributed by atoms with van der Waals surface area (Å²) in [5, 5.41) is 9.99. The van der Waals surface area contributed by atoms with Gasteiger partial charge in [-0.2, -0.15) is 0 Å². The molecule has 0 aliphatic carbocycles. The minimum absolute atomic E-state index is 0.247. The van der Waals surface area contributed by atoms with Gasteiger partial charge in [0.1, 0.15) is 0 Å². The number of nitrogens with one attached hydrogen (secondary N) is 1. The van der Waals surface area contributed by atoms with E-state index in [4.69, 9.17) is 16.8 Å². The van der Waals surface area contributed by atoms with E-state index in [0.717, 1.165) is 16.8 Å². The Hall–Kier alpha value is -1.85. The Morgan fingerprint density at radius 3 is 2.63 bits per heavy atom. The number of aryl methyl sites for hydroxylation is 1. The zero-order valence-corrected chi connectivity index (χ0v) is 11.6. The second-order valence-electron chi connectivity index (χ2n) is 4.47. The third-order valence-electron chi connectivity index (χ3n) is 2.81. The summed E-state index contributed by atoms with van der Waals surface area (Å²) in [7, 11) is 3.81. The van der Waals surface area contributed by atoms with E-state index in [1.807, 2.05) is 32.0 Å². The van der Waals surface area contributed by atoms with Crippen molar-refractivity contribution in [1.29, 1.82) is 0 Å². The molecule has 2 aromatic rings. The average molecular weight is 280 g/mol. The maximum absolute atomic E-state index is 11.7. The van der Waals surface area contributed by atoms with E-state index in [1.54, 1.807) is 11.5 Å². The first-order valence-electron chi connectivity index (χ1n) is 5.66. The Kier molecular flexibility index (Phi) is 3.59. The lowest BCUT2D eigenvalue weighted by Crippen LogP contribution is -2.19. The lowest BCUT2D eigenvalue weighted by atomic mass is 10.1. The van der Waals surface area contributed by atoms with Crippen molar-refractivity contribution in [3.8, 4) is 0 Å². The molecular weight excluding hydrogens is 266 g/mol. The molecule has 0 aliphatic heterocycles. The molecule has 0 spiro atoms. The fourth-order valence-corrected chi connectivity index (χ4v) is 2.22. The smallest absolute Gasteiger partial charge is 0.276 e. The first kappa shape index (κ1) is 13.6. The maximum atomic E-state index is 11.7. The van der Waals surface area contributed by atoms with Crippen LogP contribution in [0.15, 0.2) is 18.2 Å². The van der Waals surface area contributed by atoms with Crippen LogP contribution < -0.4 is 10.4 Å². The molecule has 0 bridgehead atoms. The van der Waals surface area contributed by atoms with Gasteiger partial charge in [-0.15, -0.1) is 0 Å². The van der Waals surface area contributed by atoms with Gasteiger partial charge in [-0.25, -0.2) is 5.48 Å². The van der Waals surface area contributed by atoms with Crippen LogP contribution in [0.2, 0.25) is 5.02 Å². The summed E-state index contributed by atoms with van der Waals surface area (Å²) in [6.07, 6.45) is 0. The summed E-state index contributed by atoms with van der Waals surface area (Å²) in [6.45, 7) is 1.85. The van der Waals surface area contributed by atoms with Crippen LogP contribution in [-0.4, -0.2) is 30.2 Å². The Balaban J connectivity index is 2.88. The molecule has 5 nitrogen and oxygen atoms in total. The van der Waals surface area contributed by atoms with Crippen LogP contribution in [0.3, 0.4) is 0 Å². The molecule has 2 N–H and O–H groups in total. The van der Waals surface area contributed by atoms with E-state index < -0.39 is 5.91 Å². The Morgan fingerprint density at radius 2 is 2.05 bits per heavy atom. The molecule has 19 heavy (non-hydrogen) atoms. The van der Waals surface area contributed by atoms with Crippen molar-refractivity contribution in [2.45, 2.75) is 6.92 Å². The number of carbonyl (C=O) groups excluding carboxylic acids is 1. The maximum Gasteiger partial charge on any atom is 0.276 e. The minimum Gasteiger partial charge on any atom is -0.377 e. The lowest BCUT2D eigenvalue weighted by molar-refractivity contribution is 0.0708. The third-order valence-corrected chi connectivity index (χ3v) is 3.03. The highest BCUT2D eigenvalue weighted by atomic mass is 35.5. The Morgan fingerprint density at radius 1 is 1.37 bits per heavy atom.